The number of hydrogen-bond acceptors (Lipinski definition) is 6. The number of sulfonamides is 1. The van der Waals surface area contributed by atoms with Gasteiger partial charge in [0.25, 0.3) is 0 Å². The molecule has 0 radical (unpaired) electrons. The Kier molecular flexibility index (Phi) is 9.45. The van der Waals surface area contributed by atoms with E-state index in [-0.39, 0.29) is 24.5 Å². The van der Waals surface area contributed by atoms with E-state index >= 15 is 0 Å². The topological polar surface area (TPSA) is 99.9 Å². The third kappa shape index (κ3) is 8.25. The molecular formula is C29H37N3O5S. The third-order valence-electron chi connectivity index (χ3n) is 6.04. The van der Waals surface area contributed by atoms with E-state index in [4.69, 9.17) is 14.7 Å². The number of nitriles is 1. The molecule has 2 aromatic carbocycles. The molecule has 9 heteroatoms. The minimum Gasteiger partial charge on any atom is -0.490 e. The number of piperidine rings is 1. The number of likely N-dealkylation sites (tertiary alicyclic amines) is 1. The summed E-state index contributed by atoms with van der Waals surface area (Å²) in [4.78, 5) is 14.0. The van der Waals surface area contributed by atoms with Crippen LogP contribution in [0.5, 0.6) is 5.75 Å². The average molecular weight is 540 g/mol. The molecule has 1 aliphatic rings. The molecule has 0 aliphatic carbocycles. The Morgan fingerprint density at radius 2 is 1.82 bits per heavy atom. The predicted octanol–water partition coefficient (Wildman–Crippen LogP) is 5.60. The smallest absolute Gasteiger partial charge is 0.410 e. The van der Waals surface area contributed by atoms with Crippen molar-refractivity contribution in [3.63, 3.8) is 0 Å². The van der Waals surface area contributed by atoms with E-state index in [1.807, 2.05) is 39.8 Å². The largest absolute Gasteiger partial charge is 0.490 e. The molecule has 38 heavy (non-hydrogen) atoms. The SMILES string of the molecule is CCS(=O)(=O)N(CC(C)=Cc1cccc(C#N)c1)c1ccc(OC2CCN(C(=O)OC(C)(C)C)CC2)cc1. The van der Waals surface area contributed by atoms with Crippen LogP contribution in [-0.4, -0.2) is 56.5 Å². The summed E-state index contributed by atoms with van der Waals surface area (Å²) in [6.07, 6.45) is 2.92. The fourth-order valence-electron chi connectivity index (χ4n) is 4.13. The molecule has 0 aromatic heterocycles. The van der Waals surface area contributed by atoms with Crippen molar-refractivity contribution in [3.05, 3.63) is 65.2 Å². The highest BCUT2D eigenvalue weighted by Crippen LogP contribution is 2.26. The number of ether oxygens (including phenoxy) is 2. The molecule has 0 atom stereocenters. The lowest BCUT2D eigenvalue weighted by molar-refractivity contribution is 0.0126. The molecule has 0 bridgehead atoms. The van der Waals surface area contributed by atoms with Crippen LogP contribution in [0.3, 0.4) is 0 Å². The normalized spacial score (nSPS) is 15.1. The van der Waals surface area contributed by atoms with Gasteiger partial charge in [0.15, 0.2) is 0 Å². The standard InChI is InChI=1S/C29H37N3O5S/c1-6-38(34,35)32(21-22(2)18-23-8-7-9-24(19-23)20-30)25-10-12-26(13-11-25)36-27-14-16-31(17-15-27)28(33)37-29(3,4)5/h7-13,18-19,27H,6,14-17,21H2,1-5H3. The van der Waals surface area contributed by atoms with Crippen molar-refractivity contribution >= 4 is 27.9 Å². The van der Waals surface area contributed by atoms with Crippen molar-refractivity contribution in [2.24, 2.45) is 0 Å². The highest BCUT2D eigenvalue weighted by Gasteiger charge is 2.28. The van der Waals surface area contributed by atoms with Crippen molar-refractivity contribution in [1.82, 2.24) is 4.90 Å². The molecule has 0 N–H and O–H groups in total. The van der Waals surface area contributed by atoms with E-state index in [0.717, 1.165) is 11.1 Å². The van der Waals surface area contributed by atoms with E-state index in [1.165, 1.54) is 4.31 Å². The van der Waals surface area contributed by atoms with E-state index in [2.05, 4.69) is 6.07 Å². The fourth-order valence-corrected chi connectivity index (χ4v) is 5.28. The Morgan fingerprint density at radius 1 is 1.16 bits per heavy atom. The summed E-state index contributed by atoms with van der Waals surface area (Å²) in [6, 6.07) is 16.4. The lowest BCUT2D eigenvalue weighted by atomic mass is 10.1. The number of anilines is 1. The number of hydrogen-bond donors (Lipinski definition) is 0. The van der Waals surface area contributed by atoms with Gasteiger partial charge in [0.2, 0.25) is 10.0 Å². The van der Waals surface area contributed by atoms with Crippen LogP contribution in [0.1, 0.15) is 58.6 Å². The maximum Gasteiger partial charge on any atom is 0.410 e. The summed E-state index contributed by atoms with van der Waals surface area (Å²) in [5, 5.41) is 9.14. The predicted molar refractivity (Wildman–Crippen MR) is 150 cm³/mol. The summed E-state index contributed by atoms with van der Waals surface area (Å²) >= 11 is 0. The van der Waals surface area contributed by atoms with Crippen LogP contribution in [0, 0.1) is 11.3 Å². The minimum absolute atomic E-state index is 0.0291. The lowest BCUT2D eigenvalue weighted by Crippen LogP contribution is -2.44. The van der Waals surface area contributed by atoms with Crippen molar-refractivity contribution in [1.29, 1.82) is 5.26 Å². The Hall–Kier alpha value is -3.51. The number of nitrogens with zero attached hydrogens (tertiary/aromatic N) is 3. The van der Waals surface area contributed by atoms with Crippen LogP contribution >= 0.6 is 0 Å². The van der Waals surface area contributed by atoms with Gasteiger partial charge in [0, 0.05) is 25.9 Å². The molecule has 3 rings (SSSR count). The van der Waals surface area contributed by atoms with Gasteiger partial charge in [-0.25, -0.2) is 13.2 Å². The highest BCUT2D eigenvalue weighted by atomic mass is 32.2. The molecule has 1 amide bonds. The van der Waals surface area contributed by atoms with Gasteiger partial charge in [-0.3, -0.25) is 4.31 Å². The summed E-state index contributed by atoms with van der Waals surface area (Å²) < 4.78 is 38.9. The molecule has 0 saturated carbocycles. The van der Waals surface area contributed by atoms with Crippen LogP contribution in [0.2, 0.25) is 0 Å². The Morgan fingerprint density at radius 3 is 2.39 bits per heavy atom. The van der Waals surface area contributed by atoms with Crippen LogP contribution < -0.4 is 9.04 Å². The van der Waals surface area contributed by atoms with Crippen molar-refractivity contribution in [2.75, 3.05) is 29.7 Å². The van der Waals surface area contributed by atoms with Gasteiger partial charge >= 0.3 is 6.09 Å². The molecular weight excluding hydrogens is 502 g/mol. The number of carbonyl (C=O) groups is 1. The minimum atomic E-state index is -3.53. The number of amides is 1. The summed E-state index contributed by atoms with van der Waals surface area (Å²) in [6.45, 7) is 10.4. The molecule has 8 nitrogen and oxygen atoms in total. The Labute approximate surface area is 226 Å². The zero-order chi connectivity index (χ0) is 27.9. The summed E-state index contributed by atoms with van der Waals surface area (Å²) in [7, 11) is -3.53. The quantitative estimate of drug-likeness (QED) is 0.433. The molecule has 0 unspecified atom stereocenters. The first-order valence-corrected chi connectivity index (χ1v) is 14.4. The van der Waals surface area contributed by atoms with Gasteiger partial charge in [-0.1, -0.05) is 23.8 Å². The van der Waals surface area contributed by atoms with Crippen LogP contribution in [0.25, 0.3) is 6.08 Å². The highest BCUT2D eigenvalue weighted by molar-refractivity contribution is 7.92. The van der Waals surface area contributed by atoms with Crippen molar-refractivity contribution < 1.29 is 22.7 Å². The Balaban J connectivity index is 1.66. The second kappa shape index (κ2) is 12.4. The molecule has 1 aliphatic heterocycles. The lowest BCUT2D eigenvalue weighted by Gasteiger charge is -2.33. The Bertz CT molecular complexity index is 1280. The first-order chi connectivity index (χ1) is 17.9. The van der Waals surface area contributed by atoms with E-state index in [0.29, 0.717) is 42.9 Å². The van der Waals surface area contributed by atoms with Crippen molar-refractivity contribution in [2.45, 2.75) is 59.2 Å². The van der Waals surface area contributed by atoms with Crippen molar-refractivity contribution in [3.8, 4) is 11.8 Å². The van der Waals surface area contributed by atoms with Gasteiger partial charge in [-0.05, 0) is 76.6 Å². The molecule has 1 fully saturated rings. The molecule has 2 aromatic rings. The van der Waals surface area contributed by atoms with Crippen LogP contribution in [0.15, 0.2) is 54.1 Å². The number of benzene rings is 2. The zero-order valence-corrected chi connectivity index (χ0v) is 23.6. The van der Waals surface area contributed by atoms with E-state index in [9.17, 15) is 13.2 Å². The zero-order valence-electron chi connectivity index (χ0n) is 22.8. The molecule has 1 saturated heterocycles. The van der Waals surface area contributed by atoms with Crippen LogP contribution in [0.4, 0.5) is 10.5 Å². The third-order valence-corrected chi connectivity index (χ3v) is 7.78. The van der Waals surface area contributed by atoms with Gasteiger partial charge in [-0.15, -0.1) is 0 Å². The second-order valence-corrected chi connectivity index (χ2v) is 12.6. The monoisotopic (exact) mass is 539 g/mol. The molecule has 204 valence electrons. The first kappa shape index (κ1) is 29.1. The maximum absolute atomic E-state index is 12.9. The molecule has 0 spiro atoms. The molecule has 1 heterocycles. The van der Waals surface area contributed by atoms with Gasteiger partial charge < -0.3 is 14.4 Å². The van der Waals surface area contributed by atoms with E-state index < -0.39 is 15.6 Å². The summed E-state index contributed by atoms with van der Waals surface area (Å²) in [5.74, 6) is 0.623. The van der Waals surface area contributed by atoms with Gasteiger partial charge in [-0.2, -0.15) is 5.26 Å². The average Bonchev–Trinajstić information content (AvgIpc) is 2.87. The number of rotatable bonds is 8. The van der Waals surface area contributed by atoms with Gasteiger partial charge in [0.05, 0.1) is 29.6 Å². The van der Waals surface area contributed by atoms with Gasteiger partial charge in [0.1, 0.15) is 17.5 Å². The van der Waals surface area contributed by atoms with E-state index in [1.54, 1.807) is 54.3 Å². The fraction of sp³-hybridized carbons (Fsp3) is 0.448. The van der Waals surface area contributed by atoms with Crippen LogP contribution in [-0.2, 0) is 14.8 Å². The summed E-state index contributed by atoms with van der Waals surface area (Å²) in [5.41, 5.74) is 2.27. The second-order valence-electron chi connectivity index (χ2n) is 10.4. The first-order valence-electron chi connectivity index (χ1n) is 12.8. The maximum atomic E-state index is 12.9. The number of carbonyl (C=O) groups excluding carboxylic acids is 1.